The van der Waals surface area contributed by atoms with E-state index in [2.05, 4.69) is 0 Å². The van der Waals surface area contributed by atoms with E-state index in [9.17, 15) is 9.18 Å². The quantitative estimate of drug-likeness (QED) is 0.867. The van der Waals surface area contributed by atoms with Gasteiger partial charge >= 0.3 is 5.97 Å². The van der Waals surface area contributed by atoms with E-state index < -0.39 is 18.4 Å². The largest absolute Gasteiger partial charge is 0.482 e. The van der Waals surface area contributed by atoms with Gasteiger partial charge in [0.1, 0.15) is 11.6 Å². The molecule has 0 aromatic heterocycles. The van der Waals surface area contributed by atoms with Crippen molar-refractivity contribution in [3.63, 3.8) is 0 Å². The molecular formula is C8H6FIO3. The van der Waals surface area contributed by atoms with Crippen molar-refractivity contribution < 1.29 is 19.0 Å². The van der Waals surface area contributed by atoms with Crippen LogP contribution in [0.2, 0.25) is 0 Å². The predicted molar refractivity (Wildman–Crippen MR) is 52.2 cm³/mol. The van der Waals surface area contributed by atoms with Crippen LogP contribution < -0.4 is 4.74 Å². The second-order valence-corrected chi connectivity index (χ2v) is 3.42. The first-order valence-electron chi connectivity index (χ1n) is 3.39. The van der Waals surface area contributed by atoms with Crippen molar-refractivity contribution in [2.75, 3.05) is 6.61 Å². The Morgan fingerprint density at radius 1 is 1.62 bits per heavy atom. The zero-order chi connectivity index (χ0) is 9.84. The first kappa shape index (κ1) is 10.2. The van der Waals surface area contributed by atoms with E-state index in [4.69, 9.17) is 9.84 Å². The molecule has 1 aromatic carbocycles. The fourth-order valence-electron chi connectivity index (χ4n) is 0.712. The maximum Gasteiger partial charge on any atom is 0.341 e. The molecule has 0 aliphatic rings. The highest BCUT2D eigenvalue weighted by molar-refractivity contribution is 14.1. The van der Waals surface area contributed by atoms with Crippen molar-refractivity contribution in [3.05, 3.63) is 27.6 Å². The van der Waals surface area contributed by atoms with Crippen LogP contribution in [0, 0.1) is 9.39 Å². The topological polar surface area (TPSA) is 46.5 Å². The lowest BCUT2D eigenvalue weighted by Gasteiger charge is -2.02. The van der Waals surface area contributed by atoms with Crippen LogP contribution in [-0.4, -0.2) is 17.7 Å². The van der Waals surface area contributed by atoms with Crippen LogP contribution in [0.3, 0.4) is 0 Å². The molecule has 0 unspecified atom stereocenters. The average molecular weight is 296 g/mol. The summed E-state index contributed by atoms with van der Waals surface area (Å²) in [7, 11) is 0. The van der Waals surface area contributed by atoms with Gasteiger partial charge in [0.15, 0.2) is 6.61 Å². The third kappa shape index (κ3) is 3.17. The monoisotopic (exact) mass is 296 g/mol. The lowest BCUT2D eigenvalue weighted by molar-refractivity contribution is -0.139. The van der Waals surface area contributed by atoms with E-state index in [0.29, 0.717) is 3.57 Å². The fourth-order valence-corrected chi connectivity index (χ4v) is 1.05. The predicted octanol–water partition coefficient (Wildman–Crippen LogP) is 1.89. The molecule has 1 N–H and O–H groups in total. The van der Waals surface area contributed by atoms with Gasteiger partial charge in [-0.3, -0.25) is 0 Å². The number of hydrogen-bond acceptors (Lipinski definition) is 2. The minimum Gasteiger partial charge on any atom is -0.482 e. The minimum absolute atomic E-state index is 0.223. The number of carbonyl (C=O) groups is 1. The van der Waals surface area contributed by atoms with E-state index in [1.54, 1.807) is 0 Å². The number of ether oxygens (including phenoxy) is 1. The molecule has 0 spiro atoms. The molecule has 0 fully saturated rings. The van der Waals surface area contributed by atoms with Gasteiger partial charge in [0.25, 0.3) is 0 Å². The van der Waals surface area contributed by atoms with E-state index in [1.165, 1.54) is 12.1 Å². The van der Waals surface area contributed by atoms with Crippen molar-refractivity contribution in [1.29, 1.82) is 0 Å². The van der Waals surface area contributed by atoms with E-state index in [-0.39, 0.29) is 5.75 Å². The maximum absolute atomic E-state index is 12.9. The Kier molecular flexibility index (Phi) is 3.47. The lowest BCUT2D eigenvalue weighted by atomic mass is 10.3. The van der Waals surface area contributed by atoms with Gasteiger partial charge in [-0.2, -0.15) is 0 Å². The fraction of sp³-hybridized carbons (Fsp3) is 0.125. The summed E-state index contributed by atoms with van der Waals surface area (Å²) in [5.41, 5.74) is 0. The van der Waals surface area contributed by atoms with Crippen LogP contribution in [-0.2, 0) is 4.79 Å². The molecule has 1 aromatic rings. The van der Waals surface area contributed by atoms with Gasteiger partial charge in [-0.1, -0.05) is 0 Å². The number of benzene rings is 1. The van der Waals surface area contributed by atoms with Gasteiger partial charge < -0.3 is 9.84 Å². The zero-order valence-electron chi connectivity index (χ0n) is 6.46. The summed E-state index contributed by atoms with van der Waals surface area (Å²) in [6.07, 6.45) is 0. The molecule has 3 nitrogen and oxygen atoms in total. The summed E-state index contributed by atoms with van der Waals surface area (Å²) in [6, 6.07) is 4.20. The molecule has 0 radical (unpaired) electrons. The maximum atomic E-state index is 12.9. The number of carboxylic acids is 1. The summed E-state index contributed by atoms with van der Waals surface area (Å²) >= 11 is 1.84. The van der Waals surface area contributed by atoms with Crippen molar-refractivity contribution in [2.45, 2.75) is 0 Å². The third-order valence-electron chi connectivity index (χ3n) is 1.25. The second-order valence-electron chi connectivity index (χ2n) is 2.26. The normalized spacial score (nSPS) is 9.69. The van der Waals surface area contributed by atoms with Gasteiger partial charge in [0.05, 0.1) is 0 Å². The Morgan fingerprint density at radius 3 is 2.85 bits per heavy atom. The molecule has 0 saturated carbocycles. The van der Waals surface area contributed by atoms with Crippen molar-refractivity contribution in [3.8, 4) is 5.75 Å². The SMILES string of the molecule is O=C(O)COc1ccc(I)c(F)c1. The Hall–Kier alpha value is -0.850. The number of halogens is 2. The minimum atomic E-state index is -1.08. The van der Waals surface area contributed by atoms with Gasteiger partial charge in [0, 0.05) is 9.64 Å². The first-order valence-corrected chi connectivity index (χ1v) is 4.47. The van der Waals surface area contributed by atoms with E-state index >= 15 is 0 Å². The molecule has 0 aliphatic heterocycles. The Balaban J connectivity index is 2.68. The molecule has 0 saturated heterocycles. The molecule has 70 valence electrons. The van der Waals surface area contributed by atoms with Gasteiger partial charge in [-0.25, -0.2) is 9.18 Å². The lowest BCUT2D eigenvalue weighted by Crippen LogP contribution is -2.09. The smallest absolute Gasteiger partial charge is 0.341 e. The molecule has 5 heteroatoms. The Bertz CT molecular complexity index is 327. The summed E-state index contributed by atoms with van der Waals surface area (Å²) in [4.78, 5) is 10.1. The summed E-state index contributed by atoms with van der Waals surface area (Å²) in [6.45, 7) is -0.458. The summed E-state index contributed by atoms with van der Waals surface area (Å²) in [5.74, 6) is -1.28. The van der Waals surface area contributed by atoms with Crippen molar-refractivity contribution in [2.24, 2.45) is 0 Å². The van der Waals surface area contributed by atoms with Gasteiger partial charge in [-0.15, -0.1) is 0 Å². The molecule has 1 rings (SSSR count). The highest BCUT2D eigenvalue weighted by Crippen LogP contribution is 2.17. The van der Waals surface area contributed by atoms with Gasteiger partial charge in [0.2, 0.25) is 0 Å². The van der Waals surface area contributed by atoms with Crippen LogP contribution in [0.5, 0.6) is 5.75 Å². The molecular weight excluding hydrogens is 290 g/mol. The number of hydrogen-bond donors (Lipinski definition) is 1. The van der Waals surface area contributed by atoms with Crippen molar-refractivity contribution >= 4 is 28.6 Å². The van der Waals surface area contributed by atoms with Crippen LogP contribution in [0.1, 0.15) is 0 Å². The first-order chi connectivity index (χ1) is 6.09. The molecule has 13 heavy (non-hydrogen) atoms. The molecule has 0 aliphatic carbocycles. The molecule has 0 amide bonds. The number of rotatable bonds is 3. The van der Waals surface area contributed by atoms with E-state index in [1.807, 2.05) is 22.6 Å². The highest BCUT2D eigenvalue weighted by Gasteiger charge is 2.02. The summed E-state index contributed by atoms with van der Waals surface area (Å²) in [5, 5.41) is 8.28. The molecule has 0 heterocycles. The number of carboxylic acid groups (broad SMARTS) is 1. The second kappa shape index (κ2) is 4.40. The summed E-state index contributed by atoms with van der Waals surface area (Å²) < 4.78 is 18.1. The van der Waals surface area contributed by atoms with Crippen molar-refractivity contribution in [1.82, 2.24) is 0 Å². The van der Waals surface area contributed by atoms with Crippen LogP contribution in [0.15, 0.2) is 18.2 Å². The van der Waals surface area contributed by atoms with Crippen LogP contribution >= 0.6 is 22.6 Å². The van der Waals surface area contributed by atoms with Crippen LogP contribution in [0.25, 0.3) is 0 Å². The highest BCUT2D eigenvalue weighted by atomic mass is 127. The molecule has 0 atom stereocenters. The number of aliphatic carboxylic acids is 1. The standard InChI is InChI=1S/C8H6FIO3/c9-6-3-5(1-2-7(6)10)13-4-8(11)12/h1-3H,4H2,(H,11,12). The molecule has 0 bridgehead atoms. The van der Waals surface area contributed by atoms with E-state index in [0.717, 1.165) is 6.07 Å². The zero-order valence-corrected chi connectivity index (χ0v) is 8.62. The van der Waals surface area contributed by atoms with Gasteiger partial charge in [-0.05, 0) is 34.7 Å². The Morgan fingerprint density at radius 2 is 2.31 bits per heavy atom. The Labute approximate surface area is 87.7 Å². The average Bonchev–Trinajstić information content (AvgIpc) is 2.07. The van der Waals surface area contributed by atoms with Crippen LogP contribution in [0.4, 0.5) is 4.39 Å². The third-order valence-corrected chi connectivity index (χ3v) is 2.13.